The lowest BCUT2D eigenvalue weighted by atomic mass is 10.0. The summed E-state index contributed by atoms with van der Waals surface area (Å²) in [5.41, 5.74) is 0.954. The molecule has 0 saturated carbocycles. The number of ether oxygens (including phenoxy) is 1. The highest BCUT2D eigenvalue weighted by Crippen LogP contribution is 2.28. The predicted octanol–water partition coefficient (Wildman–Crippen LogP) is 2.24. The Morgan fingerprint density at radius 1 is 1.30 bits per heavy atom. The average molecular weight is 276 g/mol. The van der Waals surface area contributed by atoms with Crippen LogP contribution in [0.2, 0.25) is 0 Å². The van der Waals surface area contributed by atoms with E-state index in [0.717, 1.165) is 0 Å². The topological polar surface area (TPSA) is 58.6 Å². The fraction of sp³-hybridized carbons (Fsp3) is 0.467. The van der Waals surface area contributed by atoms with Gasteiger partial charge in [0.2, 0.25) is 5.91 Å². The van der Waals surface area contributed by atoms with E-state index in [9.17, 15) is 9.59 Å². The van der Waals surface area contributed by atoms with Gasteiger partial charge in [0.1, 0.15) is 6.23 Å². The number of anilines is 1. The highest BCUT2D eigenvalue weighted by atomic mass is 16.5. The molecule has 108 valence electrons. The molecule has 20 heavy (non-hydrogen) atoms. The van der Waals surface area contributed by atoms with Crippen molar-refractivity contribution >= 4 is 17.5 Å². The average Bonchev–Trinajstić information content (AvgIpc) is 2.63. The van der Waals surface area contributed by atoms with Gasteiger partial charge in [-0.2, -0.15) is 0 Å². The van der Waals surface area contributed by atoms with Gasteiger partial charge in [0.15, 0.2) is 0 Å². The van der Waals surface area contributed by atoms with Crippen molar-refractivity contribution in [1.82, 2.24) is 4.90 Å². The first-order valence-electron chi connectivity index (χ1n) is 6.64. The molecule has 2 amide bonds. The van der Waals surface area contributed by atoms with Gasteiger partial charge in [-0.3, -0.25) is 9.59 Å². The number of rotatable bonds is 2. The number of amides is 2. The van der Waals surface area contributed by atoms with Crippen molar-refractivity contribution in [1.29, 1.82) is 0 Å². The first-order chi connectivity index (χ1) is 9.31. The third-order valence-electron chi connectivity index (χ3n) is 3.36. The number of nitrogens with one attached hydrogen (secondary N) is 1. The zero-order valence-electron chi connectivity index (χ0n) is 12.3. The van der Waals surface area contributed by atoms with Crippen LogP contribution in [0.3, 0.4) is 0 Å². The Morgan fingerprint density at radius 2 is 1.90 bits per heavy atom. The van der Waals surface area contributed by atoms with E-state index >= 15 is 0 Å². The van der Waals surface area contributed by atoms with Crippen LogP contribution in [0.1, 0.15) is 38.1 Å². The second-order valence-electron chi connectivity index (χ2n) is 5.66. The molecule has 1 fully saturated rings. The Morgan fingerprint density at radius 3 is 2.35 bits per heavy atom. The molecule has 1 heterocycles. The van der Waals surface area contributed by atoms with Crippen LogP contribution < -0.4 is 5.32 Å². The Kier molecular flexibility index (Phi) is 3.81. The maximum atomic E-state index is 12.6. The third-order valence-corrected chi connectivity index (χ3v) is 3.36. The molecule has 5 heteroatoms. The zero-order chi connectivity index (χ0) is 14.9. The van der Waals surface area contributed by atoms with Crippen LogP contribution in [-0.2, 0) is 9.53 Å². The maximum Gasteiger partial charge on any atom is 0.256 e. The summed E-state index contributed by atoms with van der Waals surface area (Å²) in [7, 11) is 0. The molecule has 1 aromatic rings. The second kappa shape index (κ2) is 5.25. The van der Waals surface area contributed by atoms with Gasteiger partial charge in [0.25, 0.3) is 5.91 Å². The molecule has 0 radical (unpaired) electrons. The number of nitrogens with zero attached hydrogens (tertiary/aromatic N) is 1. The van der Waals surface area contributed by atoms with Gasteiger partial charge < -0.3 is 15.0 Å². The third kappa shape index (κ3) is 2.82. The monoisotopic (exact) mass is 276 g/mol. The molecule has 1 aliphatic rings. The number of hydrogen-bond donors (Lipinski definition) is 1. The van der Waals surface area contributed by atoms with Crippen molar-refractivity contribution < 1.29 is 14.3 Å². The standard InChI is InChI=1S/C15H20N2O3/c1-10(18)16-13-7-5-12(6-8-13)14(19)17-11(2)20-9-15(17,3)4/h5-8,11H,9H2,1-4H3,(H,16,18). The van der Waals surface area contributed by atoms with Gasteiger partial charge in [0, 0.05) is 18.2 Å². The molecular formula is C15H20N2O3. The fourth-order valence-electron chi connectivity index (χ4n) is 2.44. The minimum Gasteiger partial charge on any atom is -0.356 e. The summed E-state index contributed by atoms with van der Waals surface area (Å²) in [6.07, 6.45) is -0.229. The van der Waals surface area contributed by atoms with Crippen molar-refractivity contribution in [2.45, 2.75) is 39.5 Å². The van der Waals surface area contributed by atoms with Crippen molar-refractivity contribution in [2.75, 3.05) is 11.9 Å². The smallest absolute Gasteiger partial charge is 0.256 e. The lowest BCUT2D eigenvalue weighted by Crippen LogP contribution is -2.47. The van der Waals surface area contributed by atoms with Gasteiger partial charge in [-0.15, -0.1) is 0 Å². The summed E-state index contributed by atoms with van der Waals surface area (Å²) in [4.78, 5) is 25.3. The van der Waals surface area contributed by atoms with Gasteiger partial charge in [0.05, 0.1) is 12.1 Å². The highest BCUT2D eigenvalue weighted by Gasteiger charge is 2.41. The van der Waals surface area contributed by atoms with E-state index in [0.29, 0.717) is 17.9 Å². The predicted molar refractivity (Wildman–Crippen MR) is 76.4 cm³/mol. The van der Waals surface area contributed by atoms with Gasteiger partial charge in [-0.1, -0.05) is 0 Å². The Labute approximate surface area is 118 Å². The van der Waals surface area contributed by atoms with E-state index in [1.807, 2.05) is 20.8 Å². The fourth-order valence-corrected chi connectivity index (χ4v) is 2.44. The molecule has 0 aromatic heterocycles. The SMILES string of the molecule is CC(=O)Nc1ccc(C(=O)N2C(C)OCC2(C)C)cc1. The van der Waals surface area contributed by atoms with Crippen LogP contribution in [-0.4, -0.2) is 35.1 Å². The summed E-state index contributed by atoms with van der Waals surface area (Å²) in [5.74, 6) is -0.193. The summed E-state index contributed by atoms with van der Waals surface area (Å²) >= 11 is 0. The van der Waals surface area contributed by atoms with E-state index in [4.69, 9.17) is 4.74 Å². The van der Waals surface area contributed by atoms with E-state index in [2.05, 4.69) is 5.32 Å². The molecule has 0 spiro atoms. The lowest BCUT2D eigenvalue weighted by molar-refractivity contribution is -0.114. The molecule has 1 aliphatic heterocycles. The van der Waals surface area contributed by atoms with Crippen molar-refractivity contribution in [2.24, 2.45) is 0 Å². The van der Waals surface area contributed by atoms with E-state index in [-0.39, 0.29) is 23.6 Å². The Hall–Kier alpha value is -1.88. The van der Waals surface area contributed by atoms with Crippen molar-refractivity contribution in [3.63, 3.8) is 0 Å². The molecule has 2 rings (SSSR count). The summed E-state index contributed by atoms with van der Waals surface area (Å²) in [5, 5.41) is 2.68. The van der Waals surface area contributed by atoms with Crippen LogP contribution in [0.4, 0.5) is 5.69 Å². The summed E-state index contributed by atoms with van der Waals surface area (Å²) in [6.45, 7) is 7.83. The zero-order valence-corrected chi connectivity index (χ0v) is 12.3. The number of carbonyl (C=O) groups is 2. The van der Waals surface area contributed by atoms with E-state index in [1.54, 1.807) is 29.2 Å². The number of carbonyl (C=O) groups excluding carboxylic acids is 2. The first kappa shape index (κ1) is 14.5. The normalized spacial score (nSPS) is 20.8. The molecule has 1 saturated heterocycles. The Bertz CT molecular complexity index is 522. The van der Waals surface area contributed by atoms with Gasteiger partial charge in [-0.05, 0) is 45.0 Å². The second-order valence-corrected chi connectivity index (χ2v) is 5.66. The lowest BCUT2D eigenvalue weighted by Gasteiger charge is -2.32. The summed E-state index contributed by atoms with van der Waals surface area (Å²) in [6, 6.07) is 6.88. The van der Waals surface area contributed by atoms with Crippen LogP contribution >= 0.6 is 0 Å². The molecular weight excluding hydrogens is 256 g/mol. The molecule has 0 bridgehead atoms. The maximum absolute atomic E-state index is 12.6. The molecule has 1 N–H and O–H groups in total. The largest absolute Gasteiger partial charge is 0.356 e. The summed E-state index contributed by atoms with van der Waals surface area (Å²) < 4.78 is 5.55. The molecule has 1 unspecified atom stereocenters. The molecule has 0 aliphatic carbocycles. The van der Waals surface area contributed by atoms with Gasteiger partial charge in [-0.25, -0.2) is 0 Å². The van der Waals surface area contributed by atoms with Crippen LogP contribution in [0, 0.1) is 0 Å². The van der Waals surface area contributed by atoms with E-state index in [1.165, 1.54) is 6.92 Å². The molecule has 1 aromatic carbocycles. The molecule has 1 atom stereocenters. The van der Waals surface area contributed by atoms with E-state index < -0.39 is 0 Å². The minimum absolute atomic E-state index is 0.0608. The highest BCUT2D eigenvalue weighted by molar-refractivity contribution is 5.96. The quantitative estimate of drug-likeness (QED) is 0.901. The Balaban J connectivity index is 2.19. The first-order valence-corrected chi connectivity index (χ1v) is 6.64. The molecule has 5 nitrogen and oxygen atoms in total. The van der Waals surface area contributed by atoms with Gasteiger partial charge >= 0.3 is 0 Å². The van der Waals surface area contributed by atoms with Crippen molar-refractivity contribution in [3.05, 3.63) is 29.8 Å². The number of benzene rings is 1. The van der Waals surface area contributed by atoms with Crippen molar-refractivity contribution in [3.8, 4) is 0 Å². The van der Waals surface area contributed by atoms with Crippen LogP contribution in [0.15, 0.2) is 24.3 Å². The van der Waals surface area contributed by atoms with Crippen LogP contribution in [0.25, 0.3) is 0 Å². The van der Waals surface area contributed by atoms with Crippen LogP contribution in [0.5, 0.6) is 0 Å². The minimum atomic E-state index is -0.313. The number of hydrogen-bond acceptors (Lipinski definition) is 3.